The molecule has 2 aromatic rings. The summed E-state index contributed by atoms with van der Waals surface area (Å²) in [6.07, 6.45) is 4.53. The van der Waals surface area contributed by atoms with Gasteiger partial charge in [-0.15, -0.1) is 0 Å². The molecule has 0 saturated heterocycles. The zero-order chi connectivity index (χ0) is 14.1. The highest BCUT2D eigenvalue weighted by Gasteiger charge is 2.24. The Morgan fingerprint density at radius 3 is 3.05 bits per heavy atom. The average molecular weight is 291 g/mol. The molecule has 1 unspecified atom stereocenters. The number of aryl methyl sites for hydroxylation is 1. The summed E-state index contributed by atoms with van der Waals surface area (Å²) in [5, 5.41) is 3.42. The highest BCUT2D eigenvalue weighted by Crippen LogP contribution is 2.30. The van der Waals surface area contributed by atoms with Crippen LogP contribution >= 0.6 is 11.6 Å². The number of carbonyl (C=O) groups is 1. The molecule has 1 heterocycles. The van der Waals surface area contributed by atoms with Crippen molar-refractivity contribution in [3.63, 3.8) is 0 Å². The monoisotopic (exact) mass is 290 g/mol. The minimum atomic E-state index is -0.147. The molecule has 1 amide bonds. The standard InChI is InChI=1S/C15H15ClN2O2/c16-11-8-9(4-5-12(11)17)15(19)18-13-2-1-3-14-10(13)6-7-20-14/h4-8,13H,1-3,17H2,(H,18,19). The van der Waals surface area contributed by atoms with Gasteiger partial charge in [0.25, 0.3) is 5.91 Å². The van der Waals surface area contributed by atoms with Crippen LogP contribution in [0.3, 0.4) is 0 Å². The number of carbonyl (C=O) groups excluding carboxylic acids is 1. The molecule has 0 aliphatic heterocycles. The number of nitrogens with one attached hydrogen (secondary N) is 1. The fourth-order valence-corrected chi connectivity index (χ4v) is 2.73. The van der Waals surface area contributed by atoms with E-state index in [2.05, 4.69) is 5.32 Å². The van der Waals surface area contributed by atoms with E-state index in [9.17, 15) is 4.79 Å². The number of rotatable bonds is 2. The number of furan rings is 1. The summed E-state index contributed by atoms with van der Waals surface area (Å²) in [5.74, 6) is 0.822. The first-order chi connectivity index (χ1) is 9.65. The molecule has 0 bridgehead atoms. The zero-order valence-corrected chi connectivity index (χ0v) is 11.6. The van der Waals surface area contributed by atoms with Crippen molar-refractivity contribution >= 4 is 23.2 Å². The van der Waals surface area contributed by atoms with Crippen molar-refractivity contribution in [3.8, 4) is 0 Å². The number of hydrogen-bond acceptors (Lipinski definition) is 3. The molecule has 0 radical (unpaired) electrons. The fraction of sp³-hybridized carbons (Fsp3) is 0.267. The maximum Gasteiger partial charge on any atom is 0.251 e. The van der Waals surface area contributed by atoms with Crippen molar-refractivity contribution in [2.45, 2.75) is 25.3 Å². The Kier molecular flexibility index (Phi) is 3.40. The van der Waals surface area contributed by atoms with Gasteiger partial charge in [-0.25, -0.2) is 0 Å². The lowest BCUT2D eigenvalue weighted by molar-refractivity contribution is 0.0932. The Morgan fingerprint density at radius 2 is 2.25 bits per heavy atom. The van der Waals surface area contributed by atoms with E-state index < -0.39 is 0 Å². The molecule has 0 spiro atoms. The quantitative estimate of drug-likeness (QED) is 0.834. The van der Waals surface area contributed by atoms with E-state index in [1.54, 1.807) is 24.5 Å². The van der Waals surface area contributed by atoms with Gasteiger partial charge >= 0.3 is 0 Å². The third-order valence-corrected chi connectivity index (χ3v) is 3.95. The fourth-order valence-electron chi connectivity index (χ4n) is 2.55. The summed E-state index contributed by atoms with van der Waals surface area (Å²) in [5.41, 5.74) is 7.71. The third kappa shape index (κ3) is 2.39. The van der Waals surface area contributed by atoms with Gasteiger partial charge in [-0.1, -0.05) is 11.6 Å². The molecule has 1 aromatic carbocycles. The first kappa shape index (κ1) is 13.1. The lowest BCUT2D eigenvalue weighted by Gasteiger charge is -2.22. The molecule has 3 N–H and O–H groups in total. The van der Waals surface area contributed by atoms with E-state index in [0.717, 1.165) is 30.6 Å². The molecule has 0 saturated carbocycles. The summed E-state index contributed by atoms with van der Waals surface area (Å²) in [4.78, 5) is 12.3. The number of halogens is 1. The molecule has 3 rings (SSSR count). The van der Waals surface area contributed by atoms with Crippen molar-refractivity contribution in [1.82, 2.24) is 5.32 Å². The summed E-state index contributed by atoms with van der Waals surface area (Å²) >= 11 is 5.94. The van der Waals surface area contributed by atoms with Crippen molar-refractivity contribution < 1.29 is 9.21 Å². The Bertz CT molecular complexity index is 651. The Hall–Kier alpha value is -1.94. The minimum absolute atomic E-state index is 0.00123. The van der Waals surface area contributed by atoms with Gasteiger partial charge in [-0.3, -0.25) is 4.79 Å². The van der Waals surface area contributed by atoms with Crippen LogP contribution in [0.1, 0.15) is 40.6 Å². The molecule has 1 aliphatic rings. The van der Waals surface area contributed by atoms with Crippen LogP contribution in [0.5, 0.6) is 0 Å². The maximum absolute atomic E-state index is 12.3. The second kappa shape index (κ2) is 5.21. The molecule has 0 fully saturated rings. The number of hydrogen-bond donors (Lipinski definition) is 2. The van der Waals surface area contributed by atoms with Crippen LogP contribution in [0, 0.1) is 0 Å². The van der Waals surface area contributed by atoms with Gasteiger partial charge in [-0.05, 0) is 37.1 Å². The van der Waals surface area contributed by atoms with E-state index in [0.29, 0.717) is 16.3 Å². The minimum Gasteiger partial charge on any atom is -0.469 e. The molecule has 20 heavy (non-hydrogen) atoms. The van der Waals surface area contributed by atoms with Crippen LogP contribution < -0.4 is 11.1 Å². The number of amides is 1. The second-order valence-corrected chi connectivity index (χ2v) is 5.36. The predicted molar refractivity (Wildman–Crippen MR) is 77.7 cm³/mol. The number of fused-ring (bicyclic) bond motifs is 1. The average Bonchev–Trinajstić information content (AvgIpc) is 2.91. The summed E-state index contributed by atoms with van der Waals surface area (Å²) in [6, 6.07) is 6.83. The number of benzene rings is 1. The van der Waals surface area contributed by atoms with Gasteiger partial charge in [0.2, 0.25) is 0 Å². The van der Waals surface area contributed by atoms with E-state index in [1.165, 1.54) is 0 Å². The van der Waals surface area contributed by atoms with E-state index >= 15 is 0 Å². The van der Waals surface area contributed by atoms with Gasteiger partial charge in [0, 0.05) is 17.5 Å². The summed E-state index contributed by atoms with van der Waals surface area (Å²) in [6.45, 7) is 0. The third-order valence-electron chi connectivity index (χ3n) is 3.62. The van der Waals surface area contributed by atoms with Gasteiger partial charge in [0.15, 0.2) is 0 Å². The van der Waals surface area contributed by atoms with Crippen LogP contribution in [-0.4, -0.2) is 5.91 Å². The van der Waals surface area contributed by atoms with Crippen molar-refractivity contribution in [2.75, 3.05) is 5.73 Å². The van der Waals surface area contributed by atoms with E-state index in [-0.39, 0.29) is 11.9 Å². The van der Waals surface area contributed by atoms with Crippen LogP contribution in [0.15, 0.2) is 34.9 Å². The van der Waals surface area contributed by atoms with Crippen LogP contribution in [0.25, 0.3) is 0 Å². The lowest BCUT2D eigenvalue weighted by atomic mass is 9.93. The molecule has 1 atom stereocenters. The van der Waals surface area contributed by atoms with Gasteiger partial charge in [-0.2, -0.15) is 0 Å². The van der Waals surface area contributed by atoms with Gasteiger partial charge < -0.3 is 15.5 Å². The highest BCUT2D eigenvalue weighted by atomic mass is 35.5. The molecule has 5 heteroatoms. The molecule has 4 nitrogen and oxygen atoms in total. The van der Waals surface area contributed by atoms with Gasteiger partial charge in [0.05, 0.1) is 23.0 Å². The molecular formula is C15H15ClN2O2. The topological polar surface area (TPSA) is 68.3 Å². The predicted octanol–water partition coefficient (Wildman–Crippen LogP) is 3.32. The number of nitrogens with two attached hydrogens (primary N) is 1. The molecule has 1 aliphatic carbocycles. The van der Waals surface area contributed by atoms with Crippen LogP contribution in [0.4, 0.5) is 5.69 Å². The Balaban J connectivity index is 1.79. The summed E-state index contributed by atoms with van der Waals surface area (Å²) < 4.78 is 5.42. The molecule has 104 valence electrons. The summed E-state index contributed by atoms with van der Waals surface area (Å²) in [7, 11) is 0. The van der Waals surface area contributed by atoms with E-state index in [1.807, 2.05) is 6.07 Å². The van der Waals surface area contributed by atoms with Crippen LogP contribution in [0.2, 0.25) is 5.02 Å². The zero-order valence-electron chi connectivity index (χ0n) is 10.9. The smallest absolute Gasteiger partial charge is 0.251 e. The van der Waals surface area contributed by atoms with Crippen molar-refractivity contribution in [1.29, 1.82) is 0 Å². The first-order valence-corrected chi connectivity index (χ1v) is 6.95. The molecule has 1 aromatic heterocycles. The number of anilines is 1. The SMILES string of the molecule is Nc1ccc(C(=O)NC2CCCc3occc32)cc1Cl. The Morgan fingerprint density at radius 1 is 1.40 bits per heavy atom. The van der Waals surface area contributed by atoms with Crippen molar-refractivity contribution in [2.24, 2.45) is 0 Å². The van der Waals surface area contributed by atoms with Crippen LogP contribution in [-0.2, 0) is 6.42 Å². The number of nitrogen functional groups attached to an aromatic ring is 1. The second-order valence-electron chi connectivity index (χ2n) is 4.95. The molecular weight excluding hydrogens is 276 g/mol. The highest BCUT2D eigenvalue weighted by molar-refractivity contribution is 6.33. The lowest BCUT2D eigenvalue weighted by Crippen LogP contribution is -2.30. The largest absolute Gasteiger partial charge is 0.469 e. The van der Waals surface area contributed by atoms with Gasteiger partial charge in [0.1, 0.15) is 5.76 Å². The van der Waals surface area contributed by atoms with E-state index in [4.69, 9.17) is 21.8 Å². The normalized spacial score (nSPS) is 17.6. The maximum atomic E-state index is 12.3. The first-order valence-electron chi connectivity index (χ1n) is 6.57. The van der Waals surface area contributed by atoms with Crippen molar-refractivity contribution in [3.05, 3.63) is 52.4 Å². The Labute approximate surface area is 121 Å².